The van der Waals surface area contributed by atoms with Gasteiger partial charge in [-0.1, -0.05) is 0 Å². The molecule has 0 aliphatic heterocycles. The van der Waals surface area contributed by atoms with E-state index in [1.807, 2.05) is 19.9 Å². The van der Waals surface area contributed by atoms with Gasteiger partial charge in [-0.25, -0.2) is 4.98 Å². The zero-order valence-corrected chi connectivity index (χ0v) is 11.7. The van der Waals surface area contributed by atoms with Gasteiger partial charge in [0.2, 0.25) is 0 Å². The molecule has 0 aliphatic rings. The molecule has 0 spiro atoms. The second kappa shape index (κ2) is 4.61. The molecule has 0 saturated carbocycles. The average Bonchev–Trinajstić information content (AvgIpc) is 2.96. The second-order valence-corrected chi connectivity index (χ2v) is 5.07. The number of hydrogen-bond acceptors (Lipinski definition) is 6. The van der Waals surface area contributed by atoms with E-state index in [0.29, 0.717) is 5.78 Å². The maximum atomic E-state index is 4.32. The van der Waals surface area contributed by atoms with E-state index >= 15 is 0 Å². The summed E-state index contributed by atoms with van der Waals surface area (Å²) in [5, 5.41) is 14.3. The SMILES string of the molecule is CCn1c(C)nnc1Sc1cc(C)nc2ncnn12. The summed E-state index contributed by atoms with van der Waals surface area (Å²) in [5.74, 6) is 1.51. The first kappa shape index (κ1) is 12.1. The zero-order chi connectivity index (χ0) is 13.4. The molecular weight excluding hydrogens is 262 g/mol. The summed E-state index contributed by atoms with van der Waals surface area (Å²) in [7, 11) is 0. The van der Waals surface area contributed by atoms with Crippen LogP contribution in [-0.2, 0) is 6.54 Å². The molecule has 3 aromatic heterocycles. The third kappa shape index (κ3) is 2.07. The van der Waals surface area contributed by atoms with Gasteiger partial charge in [-0.3, -0.25) is 0 Å². The topological polar surface area (TPSA) is 73.8 Å². The van der Waals surface area contributed by atoms with Crippen LogP contribution < -0.4 is 0 Å². The minimum absolute atomic E-state index is 0.599. The number of fused-ring (bicyclic) bond motifs is 1. The number of aryl methyl sites for hydroxylation is 2. The number of aromatic nitrogens is 7. The number of hydrogen-bond donors (Lipinski definition) is 0. The molecule has 3 aromatic rings. The number of nitrogens with zero attached hydrogens (tertiary/aromatic N) is 7. The molecule has 0 aromatic carbocycles. The van der Waals surface area contributed by atoms with Gasteiger partial charge in [0.05, 0.1) is 0 Å². The van der Waals surface area contributed by atoms with Crippen molar-refractivity contribution >= 4 is 17.5 Å². The average molecular weight is 275 g/mol. The molecule has 19 heavy (non-hydrogen) atoms. The van der Waals surface area contributed by atoms with Crippen molar-refractivity contribution in [1.29, 1.82) is 0 Å². The van der Waals surface area contributed by atoms with Crippen LogP contribution in [0.25, 0.3) is 5.78 Å². The van der Waals surface area contributed by atoms with Crippen molar-refractivity contribution in [2.45, 2.75) is 37.5 Å². The van der Waals surface area contributed by atoms with Gasteiger partial charge in [0, 0.05) is 12.2 Å². The molecule has 0 amide bonds. The van der Waals surface area contributed by atoms with Gasteiger partial charge < -0.3 is 4.57 Å². The molecule has 0 bridgehead atoms. The Morgan fingerprint density at radius 1 is 1.26 bits per heavy atom. The molecule has 8 heteroatoms. The highest BCUT2D eigenvalue weighted by atomic mass is 32.2. The van der Waals surface area contributed by atoms with Crippen LogP contribution in [0, 0.1) is 13.8 Å². The Kier molecular flexibility index (Phi) is 2.94. The summed E-state index contributed by atoms with van der Waals surface area (Å²) in [6.45, 7) is 6.80. The smallest absolute Gasteiger partial charge is 0.253 e. The van der Waals surface area contributed by atoms with Crippen LogP contribution in [-0.4, -0.2) is 34.3 Å². The van der Waals surface area contributed by atoms with Crippen LogP contribution in [0.4, 0.5) is 0 Å². The first-order chi connectivity index (χ1) is 9.19. The fourth-order valence-corrected chi connectivity index (χ4v) is 2.95. The molecule has 3 heterocycles. The van der Waals surface area contributed by atoms with E-state index in [1.54, 1.807) is 4.52 Å². The van der Waals surface area contributed by atoms with Gasteiger partial charge in [0.25, 0.3) is 5.78 Å². The standard InChI is InChI=1S/C11H13N7S/c1-4-17-8(3)15-16-11(17)19-9-5-7(2)14-10-12-6-13-18(9)10/h5-6H,4H2,1-3H3. The van der Waals surface area contributed by atoms with Crippen molar-refractivity contribution in [3.63, 3.8) is 0 Å². The van der Waals surface area contributed by atoms with E-state index in [-0.39, 0.29) is 0 Å². The first-order valence-corrected chi connectivity index (χ1v) is 6.75. The first-order valence-electron chi connectivity index (χ1n) is 5.94. The highest BCUT2D eigenvalue weighted by Crippen LogP contribution is 2.26. The monoisotopic (exact) mass is 275 g/mol. The van der Waals surface area contributed by atoms with Gasteiger partial charge >= 0.3 is 0 Å². The lowest BCUT2D eigenvalue weighted by molar-refractivity contribution is 0.660. The second-order valence-electron chi connectivity index (χ2n) is 4.08. The minimum atomic E-state index is 0.599. The van der Waals surface area contributed by atoms with Crippen LogP contribution in [0.3, 0.4) is 0 Å². The van der Waals surface area contributed by atoms with Crippen LogP contribution in [0.1, 0.15) is 18.4 Å². The maximum Gasteiger partial charge on any atom is 0.253 e. The summed E-state index contributed by atoms with van der Waals surface area (Å²) in [6.07, 6.45) is 1.50. The Bertz CT molecular complexity index is 730. The highest BCUT2D eigenvalue weighted by Gasteiger charge is 2.13. The van der Waals surface area contributed by atoms with Crippen molar-refractivity contribution in [3.8, 4) is 0 Å². The predicted molar refractivity (Wildman–Crippen MR) is 70.1 cm³/mol. The molecule has 0 atom stereocenters. The van der Waals surface area contributed by atoms with Gasteiger partial charge in [0.1, 0.15) is 17.2 Å². The third-order valence-corrected chi connectivity index (χ3v) is 3.75. The molecule has 0 aliphatic carbocycles. The summed E-state index contributed by atoms with van der Waals surface area (Å²) in [4.78, 5) is 8.43. The summed E-state index contributed by atoms with van der Waals surface area (Å²) in [5.41, 5.74) is 0.905. The molecule has 7 nitrogen and oxygen atoms in total. The third-order valence-electron chi connectivity index (χ3n) is 2.76. The normalized spacial score (nSPS) is 11.3. The van der Waals surface area contributed by atoms with Gasteiger partial charge in [0.15, 0.2) is 5.16 Å². The summed E-state index contributed by atoms with van der Waals surface area (Å²) in [6, 6.07) is 1.97. The summed E-state index contributed by atoms with van der Waals surface area (Å²) < 4.78 is 3.77. The van der Waals surface area contributed by atoms with E-state index in [0.717, 1.165) is 28.2 Å². The highest BCUT2D eigenvalue weighted by molar-refractivity contribution is 7.99. The van der Waals surface area contributed by atoms with Crippen molar-refractivity contribution in [2.24, 2.45) is 0 Å². The lowest BCUT2D eigenvalue weighted by Gasteiger charge is -2.06. The van der Waals surface area contributed by atoms with E-state index in [9.17, 15) is 0 Å². The fraction of sp³-hybridized carbons (Fsp3) is 0.364. The van der Waals surface area contributed by atoms with Gasteiger partial charge in [-0.2, -0.15) is 14.6 Å². The van der Waals surface area contributed by atoms with Crippen molar-refractivity contribution in [1.82, 2.24) is 34.3 Å². The van der Waals surface area contributed by atoms with Crippen LogP contribution in [0.2, 0.25) is 0 Å². The molecule has 3 rings (SSSR count). The molecular formula is C11H13N7S. The summed E-state index contributed by atoms with van der Waals surface area (Å²) >= 11 is 1.52. The Morgan fingerprint density at radius 2 is 2.11 bits per heavy atom. The van der Waals surface area contributed by atoms with Crippen LogP contribution in [0.15, 0.2) is 22.6 Å². The Morgan fingerprint density at radius 3 is 2.89 bits per heavy atom. The van der Waals surface area contributed by atoms with Crippen molar-refractivity contribution in [3.05, 3.63) is 23.9 Å². The van der Waals surface area contributed by atoms with Crippen molar-refractivity contribution < 1.29 is 0 Å². The quantitative estimate of drug-likeness (QED) is 0.674. The van der Waals surface area contributed by atoms with Crippen molar-refractivity contribution in [2.75, 3.05) is 0 Å². The molecule has 0 saturated heterocycles. The molecule has 0 radical (unpaired) electrons. The molecule has 98 valence electrons. The maximum absolute atomic E-state index is 4.32. The Labute approximate surface area is 114 Å². The fourth-order valence-electron chi connectivity index (χ4n) is 1.86. The van der Waals surface area contributed by atoms with Gasteiger partial charge in [-0.15, -0.1) is 10.2 Å². The van der Waals surface area contributed by atoms with E-state index < -0.39 is 0 Å². The van der Waals surface area contributed by atoms with E-state index in [1.165, 1.54) is 18.1 Å². The lowest BCUT2D eigenvalue weighted by Crippen LogP contribution is -2.01. The van der Waals surface area contributed by atoms with Gasteiger partial charge in [-0.05, 0) is 38.6 Å². The predicted octanol–water partition coefficient (Wildman–Crippen LogP) is 1.50. The van der Waals surface area contributed by atoms with E-state index in [2.05, 4.69) is 36.8 Å². The minimum Gasteiger partial charge on any atom is -0.306 e. The zero-order valence-electron chi connectivity index (χ0n) is 10.9. The Balaban J connectivity index is 2.07. The lowest BCUT2D eigenvalue weighted by atomic mass is 10.5. The molecule has 0 N–H and O–H groups in total. The van der Waals surface area contributed by atoms with Crippen LogP contribution >= 0.6 is 11.8 Å². The molecule has 0 unspecified atom stereocenters. The number of rotatable bonds is 3. The van der Waals surface area contributed by atoms with Crippen LogP contribution in [0.5, 0.6) is 0 Å². The largest absolute Gasteiger partial charge is 0.306 e. The molecule has 0 fully saturated rings. The van der Waals surface area contributed by atoms with E-state index in [4.69, 9.17) is 0 Å². The Hall–Kier alpha value is -1.96.